The van der Waals surface area contributed by atoms with Crippen molar-refractivity contribution >= 4 is 11.9 Å². The van der Waals surface area contributed by atoms with Gasteiger partial charge in [-0.2, -0.15) is 0 Å². The molecule has 6 nitrogen and oxygen atoms in total. The van der Waals surface area contributed by atoms with Crippen molar-refractivity contribution in [2.45, 2.75) is 45.1 Å². The number of methoxy groups -OCH3 is 1. The number of likely N-dealkylation sites (N-methyl/N-ethyl adjacent to an activating group) is 1. The van der Waals surface area contributed by atoms with E-state index in [0.29, 0.717) is 13.1 Å². The summed E-state index contributed by atoms with van der Waals surface area (Å²) in [6, 6.07) is 9.91. The maximum Gasteiger partial charge on any atom is 0.313 e. The summed E-state index contributed by atoms with van der Waals surface area (Å²) in [5.41, 5.74) is -1.06. The molecule has 1 heterocycles. The van der Waals surface area contributed by atoms with Gasteiger partial charge in [0.25, 0.3) is 0 Å². The van der Waals surface area contributed by atoms with E-state index in [2.05, 4.69) is 5.32 Å². The van der Waals surface area contributed by atoms with Crippen molar-refractivity contribution in [2.24, 2.45) is 5.41 Å². The van der Waals surface area contributed by atoms with Crippen LogP contribution in [0.15, 0.2) is 30.3 Å². The molecule has 1 fully saturated rings. The average Bonchev–Trinajstić information content (AvgIpc) is 3.01. The van der Waals surface area contributed by atoms with E-state index in [1.807, 2.05) is 70.0 Å². The number of benzene rings is 1. The molecule has 0 bridgehead atoms. The molecule has 1 amide bonds. The Labute approximate surface area is 162 Å². The molecule has 6 heteroatoms. The molecule has 0 spiro atoms. The van der Waals surface area contributed by atoms with Gasteiger partial charge in [0.1, 0.15) is 0 Å². The van der Waals surface area contributed by atoms with Crippen LogP contribution in [-0.2, 0) is 19.7 Å². The SMILES string of the molecule is CNCC1(c2ccccc2)CCN(C(C)(C)C(C)(C)C(=O)OC)C1=O.CO. The summed E-state index contributed by atoms with van der Waals surface area (Å²) in [5.74, 6) is -0.244. The Kier molecular flexibility index (Phi) is 7.57. The van der Waals surface area contributed by atoms with Crippen LogP contribution < -0.4 is 5.32 Å². The molecule has 1 atom stereocenters. The third-order valence-corrected chi connectivity index (χ3v) is 6.12. The van der Waals surface area contributed by atoms with E-state index in [4.69, 9.17) is 9.84 Å². The Morgan fingerprint density at radius 3 is 2.26 bits per heavy atom. The largest absolute Gasteiger partial charge is 0.469 e. The average molecular weight is 379 g/mol. The summed E-state index contributed by atoms with van der Waals surface area (Å²) in [5, 5.41) is 10.2. The number of likely N-dealkylation sites (tertiary alicyclic amines) is 1. The lowest BCUT2D eigenvalue weighted by molar-refractivity contribution is -0.162. The van der Waals surface area contributed by atoms with Crippen LogP contribution in [0.5, 0.6) is 0 Å². The monoisotopic (exact) mass is 378 g/mol. The van der Waals surface area contributed by atoms with E-state index in [9.17, 15) is 9.59 Å². The lowest BCUT2D eigenvalue weighted by atomic mass is 9.72. The van der Waals surface area contributed by atoms with Crippen molar-refractivity contribution in [3.8, 4) is 0 Å². The summed E-state index contributed by atoms with van der Waals surface area (Å²) < 4.78 is 4.99. The first-order chi connectivity index (χ1) is 12.6. The summed E-state index contributed by atoms with van der Waals surface area (Å²) in [4.78, 5) is 27.7. The predicted molar refractivity (Wildman–Crippen MR) is 106 cm³/mol. The number of nitrogens with zero attached hydrogens (tertiary/aromatic N) is 1. The van der Waals surface area contributed by atoms with Crippen LogP contribution in [0.4, 0.5) is 0 Å². The molecule has 1 saturated heterocycles. The molecule has 0 aromatic heterocycles. The second-order valence-corrected chi connectivity index (χ2v) is 7.86. The van der Waals surface area contributed by atoms with Crippen LogP contribution in [0.3, 0.4) is 0 Å². The van der Waals surface area contributed by atoms with Gasteiger partial charge in [0.2, 0.25) is 5.91 Å². The Morgan fingerprint density at radius 2 is 1.78 bits per heavy atom. The molecule has 2 rings (SSSR count). The highest BCUT2D eigenvalue weighted by molar-refractivity contribution is 5.92. The van der Waals surface area contributed by atoms with E-state index in [1.54, 1.807) is 0 Å². The number of hydrogen-bond acceptors (Lipinski definition) is 5. The highest BCUT2D eigenvalue weighted by atomic mass is 16.5. The van der Waals surface area contributed by atoms with E-state index >= 15 is 0 Å². The van der Waals surface area contributed by atoms with Crippen molar-refractivity contribution in [3.63, 3.8) is 0 Å². The van der Waals surface area contributed by atoms with Crippen LogP contribution in [0, 0.1) is 5.41 Å². The van der Waals surface area contributed by atoms with E-state index in [1.165, 1.54) is 7.11 Å². The van der Waals surface area contributed by atoms with Crippen molar-refractivity contribution in [2.75, 3.05) is 34.4 Å². The van der Waals surface area contributed by atoms with Crippen molar-refractivity contribution in [3.05, 3.63) is 35.9 Å². The van der Waals surface area contributed by atoms with Crippen LogP contribution in [0.2, 0.25) is 0 Å². The van der Waals surface area contributed by atoms with Gasteiger partial charge in [-0.15, -0.1) is 0 Å². The minimum absolute atomic E-state index is 0.0648. The Hall–Kier alpha value is -1.92. The van der Waals surface area contributed by atoms with Crippen LogP contribution in [0.1, 0.15) is 39.7 Å². The highest BCUT2D eigenvalue weighted by Crippen LogP contribution is 2.44. The van der Waals surface area contributed by atoms with Gasteiger partial charge >= 0.3 is 5.97 Å². The second-order valence-electron chi connectivity index (χ2n) is 7.86. The fourth-order valence-electron chi connectivity index (χ4n) is 3.74. The third kappa shape index (κ3) is 3.87. The van der Waals surface area contributed by atoms with Gasteiger partial charge in [-0.25, -0.2) is 0 Å². The molecule has 1 unspecified atom stereocenters. The molecule has 152 valence electrons. The van der Waals surface area contributed by atoms with Gasteiger partial charge in [0.05, 0.1) is 23.5 Å². The fraction of sp³-hybridized carbons (Fsp3) is 0.619. The molecule has 1 aromatic carbocycles. The van der Waals surface area contributed by atoms with E-state index in [0.717, 1.165) is 19.1 Å². The van der Waals surface area contributed by atoms with Crippen molar-refractivity contribution < 1.29 is 19.4 Å². The highest BCUT2D eigenvalue weighted by Gasteiger charge is 2.57. The summed E-state index contributed by atoms with van der Waals surface area (Å²) in [7, 11) is 4.26. The minimum Gasteiger partial charge on any atom is -0.469 e. The number of aliphatic hydroxyl groups excluding tert-OH is 1. The van der Waals surface area contributed by atoms with Crippen LogP contribution in [-0.4, -0.2) is 61.8 Å². The smallest absolute Gasteiger partial charge is 0.313 e. The van der Waals surface area contributed by atoms with Crippen LogP contribution >= 0.6 is 0 Å². The molecule has 0 saturated carbocycles. The first-order valence-electron chi connectivity index (χ1n) is 9.20. The first kappa shape index (κ1) is 23.1. The van der Waals surface area contributed by atoms with Gasteiger partial charge < -0.3 is 20.1 Å². The minimum atomic E-state index is -0.816. The van der Waals surface area contributed by atoms with Crippen molar-refractivity contribution in [1.29, 1.82) is 0 Å². The number of amides is 1. The molecule has 0 aliphatic carbocycles. The number of esters is 1. The standard InChI is InChI=1S/C20H30N2O3.CH4O/c1-18(2,17(24)25-6)19(3,4)22-13-12-20(14-21-5,16(22)23)15-10-8-7-9-11-15;1-2/h7-11,21H,12-14H2,1-6H3;2H,1H3. The number of ether oxygens (including phenoxy) is 1. The van der Waals surface area contributed by atoms with Gasteiger partial charge in [-0.1, -0.05) is 30.3 Å². The number of hydrogen-bond donors (Lipinski definition) is 2. The zero-order chi connectivity index (χ0) is 20.9. The summed E-state index contributed by atoms with van der Waals surface area (Å²) >= 11 is 0. The van der Waals surface area contributed by atoms with Crippen LogP contribution in [0.25, 0.3) is 0 Å². The molecule has 1 aromatic rings. The number of rotatable bonds is 6. The number of carbonyl (C=O) groups is 2. The number of carbonyl (C=O) groups excluding carboxylic acids is 2. The Bertz CT molecular complexity index is 643. The molecule has 0 radical (unpaired) electrons. The lowest BCUT2D eigenvalue weighted by Crippen LogP contribution is -2.59. The number of nitrogens with one attached hydrogen (secondary N) is 1. The first-order valence-corrected chi connectivity index (χ1v) is 9.20. The lowest BCUT2D eigenvalue weighted by Gasteiger charge is -2.46. The van der Waals surface area contributed by atoms with Crippen molar-refractivity contribution in [1.82, 2.24) is 10.2 Å². The molecular weight excluding hydrogens is 344 g/mol. The maximum atomic E-state index is 13.6. The molecular formula is C21H34N2O4. The van der Waals surface area contributed by atoms with Gasteiger partial charge in [0, 0.05) is 20.2 Å². The predicted octanol–water partition coefficient (Wildman–Crippen LogP) is 1.96. The Balaban J connectivity index is 0.00000176. The van der Waals surface area contributed by atoms with E-state index < -0.39 is 16.4 Å². The topological polar surface area (TPSA) is 78.9 Å². The fourth-order valence-corrected chi connectivity index (χ4v) is 3.74. The van der Waals surface area contributed by atoms with Gasteiger partial charge in [-0.3, -0.25) is 9.59 Å². The number of aliphatic hydroxyl groups is 1. The molecule has 1 aliphatic heterocycles. The zero-order valence-corrected chi connectivity index (χ0v) is 17.6. The second kappa shape index (κ2) is 8.85. The maximum absolute atomic E-state index is 13.6. The summed E-state index contributed by atoms with van der Waals surface area (Å²) in [6.45, 7) is 8.76. The molecule has 2 N–H and O–H groups in total. The third-order valence-electron chi connectivity index (χ3n) is 6.12. The Morgan fingerprint density at radius 1 is 1.22 bits per heavy atom. The van der Waals surface area contributed by atoms with Gasteiger partial charge in [-0.05, 0) is 46.7 Å². The van der Waals surface area contributed by atoms with Gasteiger partial charge in [0.15, 0.2) is 0 Å². The van der Waals surface area contributed by atoms with E-state index in [-0.39, 0.29) is 11.9 Å². The zero-order valence-electron chi connectivity index (χ0n) is 17.6. The summed E-state index contributed by atoms with van der Waals surface area (Å²) in [6.07, 6.45) is 0.720. The quantitative estimate of drug-likeness (QED) is 0.740. The molecule has 1 aliphatic rings. The normalized spacial score (nSPS) is 20.1. The molecule has 27 heavy (non-hydrogen) atoms.